The molecule has 1 aromatic carbocycles. The second-order valence-corrected chi connectivity index (χ2v) is 4.54. The first kappa shape index (κ1) is 11.9. The Morgan fingerprint density at radius 1 is 1.35 bits per heavy atom. The van der Waals surface area contributed by atoms with Gasteiger partial charge in [0.2, 0.25) is 0 Å². The lowest BCUT2D eigenvalue weighted by molar-refractivity contribution is -0.124. The summed E-state index contributed by atoms with van der Waals surface area (Å²) in [7, 11) is 0. The third kappa shape index (κ3) is 1.78. The molecular weight excluding hydrogens is 240 g/mol. The fourth-order valence-electron chi connectivity index (χ4n) is 2.06. The third-order valence-electron chi connectivity index (χ3n) is 3.12. The van der Waals surface area contributed by atoms with Gasteiger partial charge in [-0.25, -0.2) is 4.79 Å². The van der Waals surface area contributed by atoms with Crippen LogP contribution in [0.2, 0.25) is 5.02 Å². The minimum Gasteiger partial charge on any atom is -0.319 e. The topological polar surface area (TPSA) is 58.2 Å². The molecule has 2 rings (SSSR count). The van der Waals surface area contributed by atoms with Crippen molar-refractivity contribution in [2.24, 2.45) is 0 Å². The SMILES string of the molecule is CCC1(c2ccc(Cl)c(C)c2)NC(=O)NC1=O. The van der Waals surface area contributed by atoms with Gasteiger partial charge in [0.25, 0.3) is 5.91 Å². The molecule has 0 aliphatic carbocycles. The lowest BCUT2D eigenvalue weighted by Gasteiger charge is -2.25. The largest absolute Gasteiger partial charge is 0.322 e. The monoisotopic (exact) mass is 252 g/mol. The van der Waals surface area contributed by atoms with Gasteiger partial charge >= 0.3 is 6.03 Å². The van der Waals surface area contributed by atoms with Crippen LogP contribution in [0.1, 0.15) is 24.5 Å². The van der Waals surface area contributed by atoms with Crippen molar-refractivity contribution < 1.29 is 9.59 Å². The molecular formula is C12H13ClN2O2. The number of imide groups is 1. The Morgan fingerprint density at radius 2 is 2.06 bits per heavy atom. The molecule has 0 aromatic heterocycles. The molecule has 2 N–H and O–H groups in total. The number of halogens is 1. The van der Waals surface area contributed by atoms with Crippen LogP contribution < -0.4 is 10.6 Å². The van der Waals surface area contributed by atoms with Crippen LogP contribution >= 0.6 is 11.6 Å². The number of carbonyl (C=O) groups excluding carboxylic acids is 2. The van der Waals surface area contributed by atoms with Crippen molar-refractivity contribution >= 4 is 23.5 Å². The molecule has 1 heterocycles. The molecule has 1 unspecified atom stereocenters. The molecule has 0 spiro atoms. The fraction of sp³-hybridized carbons (Fsp3) is 0.333. The maximum Gasteiger partial charge on any atom is 0.322 e. The van der Waals surface area contributed by atoms with Gasteiger partial charge in [0, 0.05) is 5.02 Å². The molecule has 0 bridgehead atoms. The Kier molecular flexibility index (Phi) is 2.83. The zero-order valence-corrected chi connectivity index (χ0v) is 10.4. The van der Waals surface area contributed by atoms with E-state index in [2.05, 4.69) is 10.6 Å². The number of hydrogen-bond donors (Lipinski definition) is 2. The molecule has 4 nitrogen and oxygen atoms in total. The molecule has 1 aromatic rings. The average Bonchev–Trinajstić information content (AvgIpc) is 2.58. The van der Waals surface area contributed by atoms with Gasteiger partial charge in [-0.05, 0) is 30.5 Å². The highest BCUT2D eigenvalue weighted by Gasteiger charge is 2.46. The molecule has 0 saturated carbocycles. The summed E-state index contributed by atoms with van der Waals surface area (Å²) < 4.78 is 0. The van der Waals surface area contributed by atoms with E-state index in [1.807, 2.05) is 19.9 Å². The van der Waals surface area contributed by atoms with E-state index in [-0.39, 0.29) is 5.91 Å². The van der Waals surface area contributed by atoms with E-state index in [4.69, 9.17) is 11.6 Å². The highest BCUT2D eigenvalue weighted by Crippen LogP contribution is 2.30. The predicted octanol–water partition coefficient (Wildman–Crippen LogP) is 2.09. The summed E-state index contributed by atoms with van der Waals surface area (Å²) in [5.74, 6) is -0.313. The Labute approximate surface area is 104 Å². The summed E-state index contributed by atoms with van der Waals surface area (Å²) >= 11 is 5.95. The first-order valence-electron chi connectivity index (χ1n) is 5.40. The normalized spacial score (nSPS) is 23.5. The molecule has 17 heavy (non-hydrogen) atoms. The summed E-state index contributed by atoms with van der Waals surface area (Å²) in [5.41, 5.74) is 0.670. The van der Waals surface area contributed by atoms with Crippen molar-refractivity contribution in [3.05, 3.63) is 34.3 Å². The summed E-state index contributed by atoms with van der Waals surface area (Å²) in [6.45, 7) is 3.72. The molecule has 5 heteroatoms. The van der Waals surface area contributed by atoms with E-state index in [0.717, 1.165) is 11.1 Å². The number of benzene rings is 1. The molecule has 1 fully saturated rings. The van der Waals surface area contributed by atoms with Crippen LogP contribution in [0.4, 0.5) is 4.79 Å². The Balaban J connectivity index is 2.52. The van der Waals surface area contributed by atoms with Crippen LogP contribution in [0, 0.1) is 6.92 Å². The Bertz CT molecular complexity index is 501. The zero-order valence-electron chi connectivity index (χ0n) is 9.63. The summed E-state index contributed by atoms with van der Waals surface area (Å²) in [5, 5.41) is 5.60. The first-order valence-corrected chi connectivity index (χ1v) is 5.77. The van der Waals surface area contributed by atoms with Crippen molar-refractivity contribution in [2.45, 2.75) is 25.8 Å². The maximum atomic E-state index is 11.9. The number of hydrogen-bond acceptors (Lipinski definition) is 2. The smallest absolute Gasteiger partial charge is 0.319 e. The molecule has 1 aliphatic heterocycles. The van der Waals surface area contributed by atoms with Gasteiger partial charge < -0.3 is 5.32 Å². The van der Waals surface area contributed by atoms with E-state index in [1.54, 1.807) is 12.1 Å². The zero-order chi connectivity index (χ0) is 12.6. The Hall–Kier alpha value is -1.55. The van der Waals surface area contributed by atoms with Crippen molar-refractivity contribution in [3.8, 4) is 0 Å². The van der Waals surface area contributed by atoms with Gasteiger partial charge in [0.05, 0.1) is 0 Å². The van der Waals surface area contributed by atoms with Crippen LogP contribution in [0.15, 0.2) is 18.2 Å². The second-order valence-electron chi connectivity index (χ2n) is 4.13. The molecule has 90 valence electrons. The van der Waals surface area contributed by atoms with Gasteiger partial charge in [-0.2, -0.15) is 0 Å². The molecule has 1 atom stereocenters. The van der Waals surface area contributed by atoms with Gasteiger partial charge in [0.15, 0.2) is 0 Å². The third-order valence-corrected chi connectivity index (χ3v) is 3.55. The van der Waals surface area contributed by atoms with Crippen LogP contribution in [0.3, 0.4) is 0 Å². The fourth-order valence-corrected chi connectivity index (χ4v) is 2.18. The number of amides is 3. The maximum absolute atomic E-state index is 11.9. The number of nitrogens with one attached hydrogen (secondary N) is 2. The average molecular weight is 253 g/mol. The number of urea groups is 1. The van der Waals surface area contributed by atoms with Gasteiger partial charge in [0.1, 0.15) is 5.54 Å². The minimum absolute atomic E-state index is 0.313. The van der Waals surface area contributed by atoms with Crippen LogP contribution in [0.5, 0.6) is 0 Å². The quantitative estimate of drug-likeness (QED) is 0.792. The van der Waals surface area contributed by atoms with Crippen molar-refractivity contribution in [1.29, 1.82) is 0 Å². The number of carbonyl (C=O) groups is 2. The van der Waals surface area contributed by atoms with Crippen LogP contribution in [0.25, 0.3) is 0 Å². The lowest BCUT2D eigenvalue weighted by atomic mass is 9.86. The van der Waals surface area contributed by atoms with E-state index < -0.39 is 11.6 Å². The van der Waals surface area contributed by atoms with Crippen molar-refractivity contribution in [2.75, 3.05) is 0 Å². The Morgan fingerprint density at radius 3 is 2.53 bits per heavy atom. The highest BCUT2D eigenvalue weighted by molar-refractivity contribution is 6.31. The summed E-state index contributed by atoms with van der Waals surface area (Å²) in [4.78, 5) is 23.2. The van der Waals surface area contributed by atoms with E-state index in [1.165, 1.54) is 0 Å². The van der Waals surface area contributed by atoms with Gasteiger partial charge in [-0.3, -0.25) is 10.1 Å². The number of aryl methyl sites for hydroxylation is 1. The molecule has 1 aliphatic rings. The highest BCUT2D eigenvalue weighted by atomic mass is 35.5. The molecule has 1 saturated heterocycles. The first-order chi connectivity index (χ1) is 7.99. The van der Waals surface area contributed by atoms with Gasteiger partial charge in [-0.15, -0.1) is 0 Å². The predicted molar refractivity (Wildman–Crippen MR) is 64.8 cm³/mol. The summed E-state index contributed by atoms with van der Waals surface area (Å²) in [6, 6.07) is 4.88. The molecule has 0 radical (unpaired) electrons. The second kappa shape index (κ2) is 4.04. The summed E-state index contributed by atoms with van der Waals surface area (Å²) in [6.07, 6.45) is 0.492. The van der Waals surface area contributed by atoms with E-state index in [9.17, 15) is 9.59 Å². The molecule has 3 amide bonds. The van der Waals surface area contributed by atoms with Crippen LogP contribution in [-0.4, -0.2) is 11.9 Å². The van der Waals surface area contributed by atoms with E-state index >= 15 is 0 Å². The van der Waals surface area contributed by atoms with Crippen molar-refractivity contribution in [1.82, 2.24) is 10.6 Å². The van der Waals surface area contributed by atoms with Crippen LogP contribution in [-0.2, 0) is 10.3 Å². The number of rotatable bonds is 2. The van der Waals surface area contributed by atoms with Gasteiger partial charge in [-0.1, -0.05) is 30.7 Å². The van der Waals surface area contributed by atoms with E-state index in [0.29, 0.717) is 11.4 Å². The minimum atomic E-state index is -0.966. The lowest BCUT2D eigenvalue weighted by Crippen LogP contribution is -2.43. The van der Waals surface area contributed by atoms with Crippen molar-refractivity contribution in [3.63, 3.8) is 0 Å². The standard InChI is InChI=1S/C12H13ClN2O2/c1-3-12(10(16)14-11(17)15-12)8-4-5-9(13)7(2)6-8/h4-6H,3H2,1-2H3,(H2,14,15,16,17).